The Bertz CT molecular complexity index is 822. The van der Waals surface area contributed by atoms with E-state index < -0.39 is 22.7 Å². The van der Waals surface area contributed by atoms with Gasteiger partial charge in [-0.3, -0.25) is 14.9 Å². The van der Waals surface area contributed by atoms with Gasteiger partial charge in [-0.05, 0) is 51.1 Å². The maximum Gasteiger partial charge on any atom is 0.295 e. The molecule has 0 saturated carbocycles. The zero-order chi connectivity index (χ0) is 25.8. The Labute approximate surface area is 209 Å². The van der Waals surface area contributed by atoms with Crippen molar-refractivity contribution in [3.8, 4) is 5.75 Å². The number of ether oxygens (including phenoxy) is 1. The zero-order valence-corrected chi connectivity index (χ0v) is 21.6. The standard InChI is InChI=1S/C26H44N4O5/c1-4-6-9-13-26(14-10-7-5-2)25(32)24(29-16-12-8-11-15-28-19(3)31)20-17-21(27)22(30(33)34)18-23(20)35-26/h17-18,24-25,29,32H,4-16,27H2,1-3H3,(H,28,31). The number of anilines is 1. The van der Waals surface area contributed by atoms with Crippen molar-refractivity contribution in [2.45, 2.75) is 109 Å². The van der Waals surface area contributed by atoms with Crippen LogP contribution in [0.2, 0.25) is 0 Å². The van der Waals surface area contributed by atoms with Crippen LogP contribution >= 0.6 is 0 Å². The summed E-state index contributed by atoms with van der Waals surface area (Å²) in [5.41, 5.74) is 5.77. The molecule has 9 heteroatoms. The van der Waals surface area contributed by atoms with E-state index in [1.165, 1.54) is 13.0 Å². The van der Waals surface area contributed by atoms with Crippen molar-refractivity contribution in [2.75, 3.05) is 18.8 Å². The van der Waals surface area contributed by atoms with E-state index in [0.717, 1.165) is 57.8 Å². The number of nitrogens with two attached hydrogens (primary N) is 1. The summed E-state index contributed by atoms with van der Waals surface area (Å²) in [5, 5.41) is 29.5. The molecule has 2 unspecified atom stereocenters. The highest BCUT2D eigenvalue weighted by Gasteiger charge is 2.49. The van der Waals surface area contributed by atoms with E-state index in [9.17, 15) is 20.0 Å². The monoisotopic (exact) mass is 492 g/mol. The number of carbonyl (C=O) groups excluding carboxylic acids is 1. The molecule has 198 valence electrons. The summed E-state index contributed by atoms with van der Waals surface area (Å²) in [7, 11) is 0. The highest BCUT2D eigenvalue weighted by atomic mass is 16.6. The minimum atomic E-state index is -0.802. The van der Waals surface area contributed by atoms with Crippen LogP contribution in [-0.4, -0.2) is 40.7 Å². The third kappa shape index (κ3) is 8.07. The Morgan fingerprint density at radius 1 is 1.09 bits per heavy atom. The second-order valence-electron chi connectivity index (χ2n) is 9.71. The quantitative estimate of drug-likeness (QED) is 0.113. The van der Waals surface area contributed by atoms with E-state index in [1.54, 1.807) is 6.07 Å². The zero-order valence-electron chi connectivity index (χ0n) is 21.6. The van der Waals surface area contributed by atoms with Gasteiger partial charge in [0.1, 0.15) is 23.1 Å². The number of nitrogens with one attached hydrogen (secondary N) is 2. The molecule has 9 nitrogen and oxygen atoms in total. The lowest BCUT2D eigenvalue weighted by Crippen LogP contribution is -2.56. The molecule has 1 aromatic carbocycles. The fourth-order valence-electron chi connectivity index (χ4n) is 4.89. The molecule has 0 radical (unpaired) electrons. The van der Waals surface area contributed by atoms with Crippen LogP contribution in [0.25, 0.3) is 0 Å². The smallest absolute Gasteiger partial charge is 0.295 e. The Kier molecular flexibility index (Phi) is 11.7. The number of aliphatic hydroxyl groups is 1. The maximum absolute atomic E-state index is 11.7. The minimum absolute atomic E-state index is 0.0285. The Balaban J connectivity index is 2.28. The first-order valence-electron chi connectivity index (χ1n) is 13.2. The lowest BCUT2D eigenvalue weighted by Gasteiger charge is -2.47. The number of nitro benzene ring substituents is 1. The van der Waals surface area contributed by atoms with Crippen LogP contribution in [0.3, 0.4) is 0 Å². The molecule has 1 aliphatic rings. The van der Waals surface area contributed by atoms with Crippen molar-refractivity contribution in [3.05, 3.63) is 27.8 Å². The number of benzene rings is 1. The maximum atomic E-state index is 11.7. The Morgan fingerprint density at radius 3 is 2.29 bits per heavy atom. The van der Waals surface area contributed by atoms with Crippen molar-refractivity contribution in [3.63, 3.8) is 0 Å². The van der Waals surface area contributed by atoms with Crippen LogP contribution in [0.4, 0.5) is 11.4 Å². The van der Waals surface area contributed by atoms with E-state index in [2.05, 4.69) is 24.5 Å². The molecule has 1 aliphatic heterocycles. The van der Waals surface area contributed by atoms with Gasteiger partial charge in [0.2, 0.25) is 5.91 Å². The van der Waals surface area contributed by atoms with Gasteiger partial charge in [-0.25, -0.2) is 0 Å². The second kappa shape index (κ2) is 14.2. The van der Waals surface area contributed by atoms with E-state index >= 15 is 0 Å². The Hall–Kier alpha value is -2.39. The molecule has 1 aromatic rings. The fourth-order valence-corrected chi connectivity index (χ4v) is 4.89. The van der Waals surface area contributed by atoms with Gasteiger partial charge in [0.25, 0.3) is 5.69 Å². The van der Waals surface area contributed by atoms with Gasteiger partial charge in [0.15, 0.2) is 0 Å². The average molecular weight is 493 g/mol. The molecule has 1 heterocycles. The van der Waals surface area contributed by atoms with Crippen LogP contribution in [0.15, 0.2) is 12.1 Å². The number of carbonyl (C=O) groups is 1. The molecule has 2 atom stereocenters. The van der Waals surface area contributed by atoms with Gasteiger partial charge in [-0.15, -0.1) is 0 Å². The summed E-state index contributed by atoms with van der Waals surface area (Å²) in [6.07, 6.45) is 9.29. The number of hydrogen-bond donors (Lipinski definition) is 4. The SMILES string of the molecule is CCCCCC1(CCCCC)Oc2cc([N+](=O)[O-])c(N)cc2C(NCCCCCNC(C)=O)C1O. The van der Waals surface area contributed by atoms with Gasteiger partial charge in [0.05, 0.1) is 17.0 Å². The number of nitrogen functional groups attached to an aromatic ring is 1. The summed E-state index contributed by atoms with van der Waals surface area (Å²) in [4.78, 5) is 22.1. The summed E-state index contributed by atoms with van der Waals surface area (Å²) < 4.78 is 6.49. The first-order chi connectivity index (χ1) is 16.8. The number of nitrogens with zero attached hydrogens (tertiary/aromatic N) is 1. The highest BCUT2D eigenvalue weighted by molar-refractivity contribution is 5.72. The van der Waals surface area contributed by atoms with Crippen LogP contribution < -0.4 is 21.1 Å². The molecule has 0 aliphatic carbocycles. The predicted molar refractivity (Wildman–Crippen MR) is 138 cm³/mol. The lowest BCUT2D eigenvalue weighted by atomic mass is 9.77. The molecule has 35 heavy (non-hydrogen) atoms. The minimum Gasteiger partial charge on any atom is -0.484 e. The molecule has 0 aromatic heterocycles. The number of rotatable bonds is 16. The molecule has 0 saturated heterocycles. The van der Waals surface area contributed by atoms with Gasteiger partial charge >= 0.3 is 0 Å². The number of aliphatic hydroxyl groups excluding tert-OH is 1. The van der Waals surface area contributed by atoms with Crippen molar-refractivity contribution < 1.29 is 19.6 Å². The Morgan fingerprint density at radius 2 is 1.71 bits per heavy atom. The van der Waals surface area contributed by atoms with Crippen molar-refractivity contribution >= 4 is 17.3 Å². The molecule has 1 amide bonds. The molecular weight excluding hydrogens is 448 g/mol. The largest absolute Gasteiger partial charge is 0.484 e. The number of nitro groups is 1. The molecule has 2 rings (SSSR count). The number of fused-ring (bicyclic) bond motifs is 1. The summed E-state index contributed by atoms with van der Waals surface area (Å²) in [5.74, 6) is 0.409. The van der Waals surface area contributed by atoms with E-state index in [0.29, 0.717) is 37.2 Å². The number of unbranched alkanes of at least 4 members (excludes halogenated alkanes) is 6. The highest BCUT2D eigenvalue weighted by Crippen LogP contribution is 2.47. The lowest BCUT2D eigenvalue weighted by molar-refractivity contribution is -0.384. The van der Waals surface area contributed by atoms with Crippen molar-refractivity contribution in [2.24, 2.45) is 0 Å². The summed E-state index contributed by atoms with van der Waals surface area (Å²) >= 11 is 0. The van der Waals surface area contributed by atoms with Gasteiger partial charge < -0.3 is 26.2 Å². The van der Waals surface area contributed by atoms with Crippen molar-refractivity contribution in [1.29, 1.82) is 0 Å². The van der Waals surface area contributed by atoms with Gasteiger partial charge in [0, 0.05) is 19.0 Å². The van der Waals surface area contributed by atoms with Crippen LogP contribution in [0, 0.1) is 10.1 Å². The van der Waals surface area contributed by atoms with Crippen LogP contribution in [-0.2, 0) is 4.79 Å². The molecule has 5 N–H and O–H groups in total. The molecule has 0 spiro atoms. The van der Waals surface area contributed by atoms with E-state index in [4.69, 9.17) is 10.5 Å². The normalized spacial score (nSPS) is 18.5. The molecular formula is C26H44N4O5. The van der Waals surface area contributed by atoms with Crippen LogP contribution in [0.1, 0.15) is 103 Å². The fraction of sp³-hybridized carbons (Fsp3) is 0.731. The summed E-state index contributed by atoms with van der Waals surface area (Å²) in [6.45, 7) is 7.10. The third-order valence-electron chi connectivity index (χ3n) is 6.86. The number of hydrogen-bond acceptors (Lipinski definition) is 7. The topological polar surface area (TPSA) is 140 Å². The first kappa shape index (κ1) is 28.8. The summed E-state index contributed by atoms with van der Waals surface area (Å²) in [6, 6.07) is 2.57. The average Bonchev–Trinajstić information content (AvgIpc) is 2.80. The van der Waals surface area contributed by atoms with Crippen LogP contribution in [0.5, 0.6) is 5.75 Å². The molecule has 0 fully saturated rings. The third-order valence-corrected chi connectivity index (χ3v) is 6.86. The predicted octanol–water partition coefficient (Wildman–Crippen LogP) is 4.77. The van der Waals surface area contributed by atoms with Crippen molar-refractivity contribution in [1.82, 2.24) is 10.6 Å². The number of amides is 1. The molecule has 0 bridgehead atoms. The van der Waals surface area contributed by atoms with Gasteiger partial charge in [-0.1, -0.05) is 46.0 Å². The van der Waals surface area contributed by atoms with E-state index in [1.807, 2.05) is 0 Å². The first-order valence-corrected chi connectivity index (χ1v) is 13.2. The van der Waals surface area contributed by atoms with E-state index in [-0.39, 0.29) is 17.3 Å². The van der Waals surface area contributed by atoms with Gasteiger partial charge in [-0.2, -0.15) is 0 Å². The second-order valence-corrected chi connectivity index (χ2v) is 9.71.